The third-order valence-electron chi connectivity index (χ3n) is 8.69. The van der Waals surface area contributed by atoms with Crippen molar-refractivity contribution in [1.29, 1.82) is 0 Å². The molecule has 8 nitrogen and oxygen atoms in total. The Labute approximate surface area is 252 Å². The van der Waals surface area contributed by atoms with Gasteiger partial charge in [-0.2, -0.15) is 4.98 Å². The average molecular weight is 575 g/mol. The van der Waals surface area contributed by atoms with Crippen molar-refractivity contribution in [3.8, 4) is 11.5 Å². The molecular weight excluding hydrogens is 524 g/mol. The average Bonchev–Trinajstić information content (AvgIpc) is 3.02. The number of piperazine rings is 1. The molecule has 3 heterocycles. The predicted octanol–water partition coefficient (Wildman–Crippen LogP) is 6.21. The van der Waals surface area contributed by atoms with Crippen LogP contribution in [0, 0.1) is 0 Å². The number of hydrogen-bond donors (Lipinski definition) is 1. The topological polar surface area (TPSA) is 66.0 Å². The number of piperidine rings is 1. The fourth-order valence-electron chi connectivity index (χ4n) is 5.99. The number of unbranched alkanes of at least 4 members (excludes halogenated alkanes) is 5. The highest BCUT2D eigenvalue weighted by molar-refractivity contribution is 5.93. The standard InChI is InChI=1S/C34H50N6O2/c1-4-5-6-7-8-12-23-42-32-25-30-29(24-31(32)41-3)33(37-34(36-30)40-21-19-38(2)20-22-40)35-28-15-17-39(18-16-28)26-27-13-10-9-11-14-27/h9-11,13-14,24-25,28H,4-8,12,15-23,26H2,1-3H3,(H,35,36,37). The largest absolute Gasteiger partial charge is 0.493 e. The number of nitrogens with zero attached hydrogens (tertiary/aromatic N) is 5. The first-order chi connectivity index (χ1) is 20.6. The van der Waals surface area contributed by atoms with E-state index in [0.29, 0.717) is 12.6 Å². The number of fused-ring (bicyclic) bond motifs is 1. The number of rotatable bonds is 14. The Morgan fingerprint density at radius 1 is 0.857 bits per heavy atom. The Morgan fingerprint density at radius 3 is 2.33 bits per heavy atom. The van der Waals surface area contributed by atoms with Crippen LogP contribution in [0.2, 0.25) is 0 Å². The summed E-state index contributed by atoms with van der Waals surface area (Å²) in [5, 5.41) is 4.82. The lowest BCUT2D eigenvalue weighted by atomic mass is 10.0. The molecule has 5 rings (SSSR count). The van der Waals surface area contributed by atoms with Gasteiger partial charge in [-0.15, -0.1) is 0 Å². The molecule has 2 aliphatic rings. The summed E-state index contributed by atoms with van der Waals surface area (Å²) in [6.45, 7) is 9.98. The number of ether oxygens (including phenoxy) is 2. The summed E-state index contributed by atoms with van der Waals surface area (Å²) in [7, 11) is 3.89. The van der Waals surface area contributed by atoms with E-state index in [1.807, 2.05) is 0 Å². The van der Waals surface area contributed by atoms with Gasteiger partial charge >= 0.3 is 0 Å². The molecule has 2 saturated heterocycles. The zero-order chi connectivity index (χ0) is 29.1. The van der Waals surface area contributed by atoms with Gasteiger partial charge in [0.05, 0.1) is 19.2 Å². The number of aromatic nitrogens is 2. The van der Waals surface area contributed by atoms with Crippen molar-refractivity contribution in [2.75, 3.05) is 70.2 Å². The third-order valence-corrected chi connectivity index (χ3v) is 8.69. The maximum absolute atomic E-state index is 6.26. The molecule has 1 N–H and O–H groups in total. The van der Waals surface area contributed by atoms with Crippen molar-refractivity contribution in [1.82, 2.24) is 19.8 Å². The Kier molecular flexibility index (Phi) is 11.1. The summed E-state index contributed by atoms with van der Waals surface area (Å²) in [5.74, 6) is 3.20. The van der Waals surface area contributed by atoms with E-state index in [9.17, 15) is 0 Å². The van der Waals surface area contributed by atoms with E-state index in [0.717, 1.165) is 99.2 Å². The maximum Gasteiger partial charge on any atom is 0.227 e. The Hall–Kier alpha value is -3.10. The minimum absolute atomic E-state index is 0.366. The summed E-state index contributed by atoms with van der Waals surface area (Å²) >= 11 is 0. The van der Waals surface area contributed by atoms with Gasteiger partial charge in [-0.25, -0.2) is 4.98 Å². The summed E-state index contributed by atoms with van der Waals surface area (Å²) < 4.78 is 12.1. The number of methoxy groups -OCH3 is 1. The van der Waals surface area contributed by atoms with Crippen LogP contribution in [0.25, 0.3) is 10.9 Å². The third kappa shape index (κ3) is 8.26. The van der Waals surface area contributed by atoms with Crippen LogP contribution in [0.4, 0.5) is 11.8 Å². The second-order valence-corrected chi connectivity index (χ2v) is 12.0. The van der Waals surface area contributed by atoms with Crippen LogP contribution in [0.1, 0.15) is 63.9 Å². The van der Waals surface area contributed by atoms with Crippen molar-refractivity contribution in [3.05, 3.63) is 48.0 Å². The van der Waals surface area contributed by atoms with Crippen LogP contribution < -0.4 is 19.7 Å². The molecule has 228 valence electrons. The molecule has 0 spiro atoms. The molecule has 0 saturated carbocycles. The van der Waals surface area contributed by atoms with E-state index >= 15 is 0 Å². The number of nitrogens with one attached hydrogen (secondary N) is 1. The molecule has 0 amide bonds. The lowest BCUT2D eigenvalue weighted by Gasteiger charge is -2.34. The summed E-state index contributed by atoms with van der Waals surface area (Å²) in [6, 6.07) is 15.3. The van der Waals surface area contributed by atoms with Crippen molar-refractivity contribution >= 4 is 22.7 Å². The van der Waals surface area contributed by atoms with Crippen LogP contribution in [-0.2, 0) is 6.54 Å². The summed E-state index contributed by atoms with van der Waals surface area (Å²) in [4.78, 5) is 17.4. The summed E-state index contributed by atoms with van der Waals surface area (Å²) in [6.07, 6.45) is 9.58. The minimum Gasteiger partial charge on any atom is -0.493 e. The van der Waals surface area contributed by atoms with Gasteiger partial charge in [-0.1, -0.05) is 69.4 Å². The van der Waals surface area contributed by atoms with E-state index in [1.54, 1.807) is 7.11 Å². The number of likely N-dealkylation sites (tertiary alicyclic amines) is 1. The number of likely N-dealkylation sites (N-methyl/N-ethyl adjacent to an activating group) is 1. The van der Waals surface area contributed by atoms with Crippen LogP contribution in [-0.4, -0.2) is 85.8 Å². The van der Waals surface area contributed by atoms with E-state index in [1.165, 1.54) is 37.7 Å². The first-order valence-electron chi connectivity index (χ1n) is 16.1. The lowest BCUT2D eigenvalue weighted by Crippen LogP contribution is -2.45. The van der Waals surface area contributed by atoms with E-state index in [-0.39, 0.29) is 0 Å². The van der Waals surface area contributed by atoms with Gasteiger partial charge < -0.3 is 24.6 Å². The molecule has 2 aromatic carbocycles. The Bertz CT molecular complexity index is 1240. The fourth-order valence-corrected chi connectivity index (χ4v) is 5.99. The van der Waals surface area contributed by atoms with Crippen LogP contribution in [0.15, 0.2) is 42.5 Å². The first-order valence-corrected chi connectivity index (χ1v) is 16.1. The molecule has 0 atom stereocenters. The van der Waals surface area contributed by atoms with Crippen molar-refractivity contribution < 1.29 is 9.47 Å². The molecule has 0 bridgehead atoms. The SMILES string of the molecule is CCCCCCCCOc1cc2nc(N3CCN(C)CC3)nc(NC3CCN(Cc4ccccc4)CC3)c2cc1OC. The second kappa shape index (κ2) is 15.4. The van der Waals surface area contributed by atoms with Crippen LogP contribution in [0.5, 0.6) is 11.5 Å². The van der Waals surface area contributed by atoms with E-state index in [2.05, 4.69) is 76.5 Å². The second-order valence-electron chi connectivity index (χ2n) is 12.0. The number of hydrogen-bond acceptors (Lipinski definition) is 8. The normalized spacial score (nSPS) is 17.1. The van der Waals surface area contributed by atoms with Crippen LogP contribution >= 0.6 is 0 Å². The van der Waals surface area contributed by atoms with Gasteiger partial charge in [0.25, 0.3) is 0 Å². The minimum atomic E-state index is 0.366. The molecule has 8 heteroatoms. The molecule has 0 aliphatic carbocycles. The van der Waals surface area contributed by atoms with Gasteiger partial charge in [0.1, 0.15) is 5.82 Å². The lowest BCUT2D eigenvalue weighted by molar-refractivity contribution is 0.211. The zero-order valence-electron chi connectivity index (χ0n) is 26.0. The maximum atomic E-state index is 6.26. The van der Waals surface area contributed by atoms with E-state index in [4.69, 9.17) is 19.4 Å². The summed E-state index contributed by atoms with van der Waals surface area (Å²) in [5.41, 5.74) is 2.28. The monoisotopic (exact) mass is 574 g/mol. The molecule has 3 aromatic rings. The predicted molar refractivity (Wildman–Crippen MR) is 173 cm³/mol. The van der Waals surface area contributed by atoms with Crippen molar-refractivity contribution in [3.63, 3.8) is 0 Å². The van der Waals surface area contributed by atoms with Crippen molar-refractivity contribution in [2.45, 2.75) is 70.9 Å². The molecule has 2 fully saturated rings. The van der Waals surface area contributed by atoms with Gasteiger partial charge in [-0.05, 0) is 37.9 Å². The smallest absolute Gasteiger partial charge is 0.227 e. The molecule has 1 aromatic heterocycles. The first kappa shape index (κ1) is 30.4. The molecule has 2 aliphatic heterocycles. The number of anilines is 2. The quantitative estimate of drug-likeness (QED) is 0.228. The molecular formula is C34H50N6O2. The van der Waals surface area contributed by atoms with Crippen molar-refractivity contribution in [2.24, 2.45) is 0 Å². The number of benzene rings is 2. The zero-order valence-corrected chi connectivity index (χ0v) is 26.0. The van der Waals surface area contributed by atoms with Gasteiger partial charge in [0.2, 0.25) is 5.95 Å². The highest BCUT2D eigenvalue weighted by Crippen LogP contribution is 2.36. The molecule has 0 radical (unpaired) electrons. The Morgan fingerprint density at radius 2 is 1.60 bits per heavy atom. The van der Waals surface area contributed by atoms with Gasteiger partial charge in [0.15, 0.2) is 11.5 Å². The van der Waals surface area contributed by atoms with Crippen LogP contribution in [0.3, 0.4) is 0 Å². The van der Waals surface area contributed by atoms with Gasteiger partial charge in [-0.3, -0.25) is 4.90 Å². The molecule has 0 unspecified atom stereocenters. The molecule has 42 heavy (non-hydrogen) atoms. The highest BCUT2D eigenvalue weighted by Gasteiger charge is 2.24. The van der Waals surface area contributed by atoms with Gasteiger partial charge in [0, 0.05) is 63.3 Å². The highest BCUT2D eigenvalue weighted by atomic mass is 16.5. The van der Waals surface area contributed by atoms with E-state index < -0.39 is 0 Å². The fraction of sp³-hybridized carbons (Fsp3) is 0.588. The Balaban J connectivity index is 1.31.